The zero-order valence-electron chi connectivity index (χ0n) is 15.0. The smallest absolute Gasteiger partial charge is 0.0472 e. The molecule has 130 valence electrons. The van der Waals surface area contributed by atoms with Crippen LogP contribution in [0, 0.1) is 0 Å². The lowest BCUT2D eigenvalue weighted by Crippen LogP contribution is -1.74. The maximum atomic E-state index is 3.66. The third-order valence-corrected chi connectivity index (χ3v) is 7.17. The Morgan fingerprint density at radius 3 is 2.18 bits per heavy atom. The average Bonchev–Trinajstić information content (AvgIpc) is 3.29. The maximum absolute atomic E-state index is 3.66. The number of benzene rings is 5. The second-order valence-corrected chi connectivity index (χ2v) is 8.55. The maximum Gasteiger partial charge on any atom is 0.0472 e. The van der Waals surface area contributed by atoms with Crippen molar-refractivity contribution in [1.82, 2.24) is 4.98 Å². The van der Waals surface area contributed by atoms with Crippen LogP contribution in [0.15, 0.2) is 84.9 Å². The molecule has 0 saturated carbocycles. The number of fused-ring (bicyclic) bond motifs is 10. The van der Waals surface area contributed by atoms with Crippen LogP contribution < -0.4 is 0 Å². The second kappa shape index (κ2) is 5.12. The number of aromatic amines is 1. The van der Waals surface area contributed by atoms with Crippen LogP contribution in [-0.4, -0.2) is 4.98 Å². The summed E-state index contributed by atoms with van der Waals surface area (Å²) in [4.78, 5) is 3.66. The SMILES string of the molecule is c1ccc2c(c1)ccc1c3cc4[nH]c5ccc6ccccc6c5c4cc3sc21. The lowest BCUT2D eigenvalue weighted by molar-refractivity contribution is 1.56. The molecule has 2 heterocycles. The zero-order valence-corrected chi connectivity index (χ0v) is 15.8. The third kappa shape index (κ3) is 1.81. The van der Waals surface area contributed by atoms with Crippen molar-refractivity contribution >= 4 is 74.9 Å². The highest BCUT2D eigenvalue weighted by molar-refractivity contribution is 7.26. The van der Waals surface area contributed by atoms with Crippen LogP contribution >= 0.6 is 11.3 Å². The van der Waals surface area contributed by atoms with Gasteiger partial charge in [0.2, 0.25) is 0 Å². The molecule has 0 aliphatic heterocycles. The molecular weight excluding hydrogens is 358 g/mol. The van der Waals surface area contributed by atoms with E-state index in [1.54, 1.807) is 0 Å². The van der Waals surface area contributed by atoms with Gasteiger partial charge in [-0.15, -0.1) is 11.3 Å². The van der Waals surface area contributed by atoms with Gasteiger partial charge in [-0.2, -0.15) is 0 Å². The number of hydrogen-bond acceptors (Lipinski definition) is 1. The van der Waals surface area contributed by atoms with Crippen molar-refractivity contribution in [3.8, 4) is 0 Å². The molecule has 0 saturated heterocycles. The van der Waals surface area contributed by atoms with E-state index in [2.05, 4.69) is 89.9 Å². The van der Waals surface area contributed by atoms with Crippen molar-refractivity contribution in [3.05, 3.63) is 84.9 Å². The van der Waals surface area contributed by atoms with Crippen molar-refractivity contribution in [2.24, 2.45) is 0 Å². The Balaban J connectivity index is 1.69. The van der Waals surface area contributed by atoms with Crippen molar-refractivity contribution in [2.75, 3.05) is 0 Å². The van der Waals surface area contributed by atoms with Crippen molar-refractivity contribution in [3.63, 3.8) is 0 Å². The molecule has 0 aliphatic carbocycles. The molecule has 1 nitrogen and oxygen atoms in total. The van der Waals surface area contributed by atoms with E-state index < -0.39 is 0 Å². The monoisotopic (exact) mass is 373 g/mol. The Labute approximate surface area is 164 Å². The quantitative estimate of drug-likeness (QED) is 0.277. The molecule has 5 aromatic carbocycles. The number of aromatic nitrogens is 1. The van der Waals surface area contributed by atoms with Gasteiger partial charge in [-0.3, -0.25) is 0 Å². The van der Waals surface area contributed by atoms with Crippen LogP contribution in [0.1, 0.15) is 0 Å². The van der Waals surface area contributed by atoms with E-state index in [0.717, 1.165) is 0 Å². The van der Waals surface area contributed by atoms with E-state index in [1.165, 1.54) is 63.5 Å². The Kier molecular flexibility index (Phi) is 2.68. The Morgan fingerprint density at radius 2 is 1.29 bits per heavy atom. The second-order valence-electron chi connectivity index (χ2n) is 7.49. The van der Waals surface area contributed by atoms with Gasteiger partial charge in [-0.05, 0) is 39.7 Å². The number of hydrogen-bond donors (Lipinski definition) is 1. The van der Waals surface area contributed by atoms with Crippen LogP contribution in [0.3, 0.4) is 0 Å². The van der Waals surface area contributed by atoms with Crippen molar-refractivity contribution in [1.29, 1.82) is 0 Å². The van der Waals surface area contributed by atoms with Crippen molar-refractivity contribution in [2.45, 2.75) is 0 Å². The number of H-pyrrole nitrogens is 1. The highest BCUT2D eigenvalue weighted by Crippen LogP contribution is 2.42. The van der Waals surface area contributed by atoms with Gasteiger partial charge in [0.1, 0.15) is 0 Å². The minimum absolute atomic E-state index is 1.21. The fourth-order valence-electron chi connectivity index (χ4n) is 4.67. The summed E-state index contributed by atoms with van der Waals surface area (Å²) >= 11 is 1.91. The summed E-state index contributed by atoms with van der Waals surface area (Å²) in [7, 11) is 0. The van der Waals surface area contributed by atoms with Crippen LogP contribution in [0.5, 0.6) is 0 Å². The molecule has 7 rings (SSSR count). The van der Waals surface area contributed by atoms with E-state index >= 15 is 0 Å². The van der Waals surface area contributed by atoms with Gasteiger partial charge in [-0.25, -0.2) is 0 Å². The number of thiophene rings is 1. The summed E-state index contributed by atoms with van der Waals surface area (Å²) in [5.41, 5.74) is 2.42. The van der Waals surface area contributed by atoms with Crippen LogP contribution in [0.2, 0.25) is 0 Å². The minimum atomic E-state index is 1.21. The number of rotatable bonds is 0. The third-order valence-electron chi connectivity index (χ3n) is 5.97. The van der Waals surface area contributed by atoms with Crippen LogP contribution in [-0.2, 0) is 0 Å². The Bertz CT molecular complexity index is 1720. The summed E-state index contributed by atoms with van der Waals surface area (Å²) < 4.78 is 2.74. The van der Waals surface area contributed by atoms with E-state index in [0.29, 0.717) is 0 Å². The first-order valence-electron chi connectivity index (χ1n) is 9.54. The average molecular weight is 373 g/mol. The normalized spacial score (nSPS) is 12.3. The lowest BCUT2D eigenvalue weighted by Gasteiger charge is -2.00. The topological polar surface area (TPSA) is 15.8 Å². The van der Waals surface area contributed by atoms with Gasteiger partial charge in [0.05, 0.1) is 0 Å². The summed E-state index contributed by atoms with van der Waals surface area (Å²) in [6.07, 6.45) is 0. The predicted octanol–water partition coefficient (Wildman–Crippen LogP) is 8.00. The molecule has 0 aliphatic rings. The highest BCUT2D eigenvalue weighted by Gasteiger charge is 2.13. The zero-order chi connectivity index (χ0) is 18.2. The van der Waals surface area contributed by atoms with Gasteiger partial charge in [0.25, 0.3) is 0 Å². The molecular formula is C26H15NS. The molecule has 7 aromatic rings. The first-order valence-corrected chi connectivity index (χ1v) is 10.4. The summed E-state index contributed by atoms with van der Waals surface area (Å²) in [6.45, 7) is 0. The van der Waals surface area contributed by atoms with Gasteiger partial charge >= 0.3 is 0 Å². The van der Waals surface area contributed by atoms with Gasteiger partial charge in [0, 0.05) is 42.0 Å². The molecule has 0 amide bonds. The molecule has 0 spiro atoms. The Hall–Kier alpha value is -3.36. The molecule has 0 radical (unpaired) electrons. The molecule has 1 N–H and O–H groups in total. The van der Waals surface area contributed by atoms with E-state index in [-0.39, 0.29) is 0 Å². The summed E-state index contributed by atoms with van der Waals surface area (Å²) in [6, 6.07) is 31.0. The molecule has 0 unspecified atom stereocenters. The fourth-order valence-corrected chi connectivity index (χ4v) is 5.93. The van der Waals surface area contributed by atoms with E-state index in [1.807, 2.05) is 11.3 Å². The molecule has 0 atom stereocenters. The lowest BCUT2D eigenvalue weighted by atomic mass is 10.0. The minimum Gasteiger partial charge on any atom is -0.354 e. The highest BCUT2D eigenvalue weighted by atomic mass is 32.1. The summed E-state index contributed by atoms with van der Waals surface area (Å²) in [5, 5.41) is 10.6. The first-order chi connectivity index (χ1) is 13.9. The van der Waals surface area contributed by atoms with Gasteiger partial charge < -0.3 is 4.98 Å². The fraction of sp³-hybridized carbons (Fsp3) is 0. The Morgan fingerprint density at radius 1 is 0.536 bits per heavy atom. The van der Waals surface area contributed by atoms with Gasteiger partial charge in [-0.1, -0.05) is 66.7 Å². The van der Waals surface area contributed by atoms with Crippen LogP contribution in [0.25, 0.3) is 63.5 Å². The first kappa shape index (κ1) is 14.7. The van der Waals surface area contributed by atoms with E-state index in [4.69, 9.17) is 0 Å². The molecule has 0 bridgehead atoms. The summed E-state index contributed by atoms with van der Waals surface area (Å²) in [5.74, 6) is 0. The van der Waals surface area contributed by atoms with E-state index in [9.17, 15) is 0 Å². The van der Waals surface area contributed by atoms with Crippen molar-refractivity contribution < 1.29 is 0 Å². The van der Waals surface area contributed by atoms with Crippen LogP contribution in [0.4, 0.5) is 0 Å². The number of nitrogens with one attached hydrogen (secondary N) is 1. The largest absolute Gasteiger partial charge is 0.354 e. The molecule has 2 aromatic heterocycles. The molecule has 0 fully saturated rings. The predicted molar refractivity (Wildman–Crippen MR) is 124 cm³/mol. The molecule has 28 heavy (non-hydrogen) atoms. The van der Waals surface area contributed by atoms with Gasteiger partial charge in [0.15, 0.2) is 0 Å². The molecule has 2 heteroatoms. The standard InChI is InChI=1S/C26H15NS/c1-3-7-17-15(5-1)10-12-22-25(17)21-14-24-20(13-23(21)27-22)19-11-9-16-6-2-4-8-18(16)26(19)28-24/h1-14,27H.